The highest BCUT2D eigenvalue weighted by Crippen LogP contribution is 2.18. The van der Waals surface area contributed by atoms with Crippen molar-refractivity contribution in [3.05, 3.63) is 27.9 Å². The Labute approximate surface area is 105 Å². The van der Waals surface area contributed by atoms with Gasteiger partial charge in [0, 0.05) is 25.2 Å². The van der Waals surface area contributed by atoms with Crippen molar-refractivity contribution in [2.45, 2.75) is 13.0 Å². The van der Waals surface area contributed by atoms with E-state index in [-0.39, 0.29) is 11.8 Å². The SMILES string of the molecule is Cc1cc(NCC2CNCCO2)ncc1[N+](=O)[O-]. The number of nitro groups is 1. The lowest BCUT2D eigenvalue weighted by molar-refractivity contribution is -0.385. The molecule has 0 amide bonds. The minimum atomic E-state index is -0.430. The van der Waals surface area contributed by atoms with E-state index in [1.54, 1.807) is 13.0 Å². The number of hydrogen-bond acceptors (Lipinski definition) is 6. The van der Waals surface area contributed by atoms with E-state index in [4.69, 9.17) is 4.74 Å². The topological polar surface area (TPSA) is 89.3 Å². The molecule has 1 fully saturated rings. The largest absolute Gasteiger partial charge is 0.374 e. The summed E-state index contributed by atoms with van der Waals surface area (Å²) >= 11 is 0. The number of aromatic nitrogens is 1. The van der Waals surface area contributed by atoms with Crippen molar-refractivity contribution in [1.82, 2.24) is 10.3 Å². The summed E-state index contributed by atoms with van der Waals surface area (Å²) in [5.41, 5.74) is 0.635. The molecule has 0 spiro atoms. The number of rotatable bonds is 4. The molecule has 2 heterocycles. The zero-order chi connectivity index (χ0) is 13.0. The van der Waals surface area contributed by atoms with Crippen molar-refractivity contribution >= 4 is 11.5 Å². The summed E-state index contributed by atoms with van der Waals surface area (Å²) < 4.78 is 5.53. The molecule has 0 aliphatic carbocycles. The van der Waals surface area contributed by atoms with Crippen LogP contribution in [0.3, 0.4) is 0 Å². The first kappa shape index (κ1) is 12.7. The van der Waals surface area contributed by atoms with Gasteiger partial charge in [-0.25, -0.2) is 4.98 Å². The van der Waals surface area contributed by atoms with E-state index in [9.17, 15) is 10.1 Å². The van der Waals surface area contributed by atoms with E-state index in [0.29, 0.717) is 24.5 Å². The highest BCUT2D eigenvalue weighted by molar-refractivity contribution is 5.46. The monoisotopic (exact) mass is 252 g/mol. The highest BCUT2D eigenvalue weighted by Gasteiger charge is 2.14. The highest BCUT2D eigenvalue weighted by atomic mass is 16.6. The van der Waals surface area contributed by atoms with E-state index in [1.165, 1.54) is 6.20 Å². The van der Waals surface area contributed by atoms with E-state index < -0.39 is 4.92 Å². The second-order valence-electron chi connectivity index (χ2n) is 4.19. The number of morpholine rings is 1. The molecule has 0 saturated carbocycles. The Balaban J connectivity index is 1.93. The third-order valence-corrected chi connectivity index (χ3v) is 2.80. The van der Waals surface area contributed by atoms with Gasteiger partial charge in [-0.2, -0.15) is 0 Å². The molecule has 1 aliphatic rings. The molecule has 1 aromatic heterocycles. The Morgan fingerprint density at radius 3 is 3.17 bits per heavy atom. The number of anilines is 1. The van der Waals surface area contributed by atoms with Crippen molar-refractivity contribution in [3.63, 3.8) is 0 Å². The number of aryl methyl sites for hydroxylation is 1. The first-order chi connectivity index (χ1) is 8.66. The van der Waals surface area contributed by atoms with Crippen LogP contribution >= 0.6 is 0 Å². The van der Waals surface area contributed by atoms with Crippen LogP contribution in [-0.4, -0.2) is 42.3 Å². The lowest BCUT2D eigenvalue weighted by Gasteiger charge is -2.23. The van der Waals surface area contributed by atoms with E-state index in [1.807, 2.05) is 0 Å². The van der Waals surface area contributed by atoms with Crippen molar-refractivity contribution in [1.29, 1.82) is 0 Å². The smallest absolute Gasteiger partial charge is 0.290 e. The molecule has 18 heavy (non-hydrogen) atoms. The van der Waals surface area contributed by atoms with Crippen molar-refractivity contribution in [2.24, 2.45) is 0 Å². The maximum Gasteiger partial charge on any atom is 0.290 e. The van der Waals surface area contributed by atoms with Gasteiger partial charge in [0.1, 0.15) is 12.0 Å². The summed E-state index contributed by atoms with van der Waals surface area (Å²) in [7, 11) is 0. The van der Waals surface area contributed by atoms with Crippen LogP contribution in [0.5, 0.6) is 0 Å². The van der Waals surface area contributed by atoms with Gasteiger partial charge in [-0.3, -0.25) is 10.1 Å². The summed E-state index contributed by atoms with van der Waals surface area (Å²) in [4.78, 5) is 14.2. The zero-order valence-electron chi connectivity index (χ0n) is 10.2. The van der Waals surface area contributed by atoms with Crippen LogP contribution < -0.4 is 10.6 Å². The average Bonchev–Trinajstić information content (AvgIpc) is 2.37. The number of nitrogens with one attached hydrogen (secondary N) is 2. The Kier molecular flexibility index (Phi) is 4.06. The van der Waals surface area contributed by atoms with Crippen LogP contribution in [0.15, 0.2) is 12.3 Å². The Morgan fingerprint density at radius 2 is 2.56 bits per heavy atom. The van der Waals surface area contributed by atoms with Gasteiger partial charge in [-0.1, -0.05) is 0 Å². The molecule has 1 aliphatic heterocycles. The van der Waals surface area contributed by atoms with Gasteiger partial charge in [-0.15, -0.1) is 0 Å². The molecule has 2 rings (SSSR count). The molecule has 7 nitrogen and oxygen atoms in total. The van der Waals surface area contributed by atoms with Crippen LogP contribution in [0.2, 0.25) is 0 Å². The molecular weight excluding hydrogens is 236 g/mol. The number of nitrogens with zero attached hydrogens (tertiary/aromatic N) is 2. The fourth-order valence-corrected chi connectivity index (χ4v) is 1.81. The quantitative estimate of drug-likeness (QED) is 0.605. The normalized spacial score (nSPS) is 19.5. The average molecular weight is 252 g/mol. The second-order valence-corrected chi connectivity index (χ2v) is 4.19. The molecule has 98 valence electrons. The molecule has 1 aromatic rings. The summed E-state index contributed by atoms with van der Waals surface area (Å²) in [5, 5.41) is 17.0. The third kappa shape index (κ3) is 3.14. The molecule has 2 N–H and O–H groups in total. The first-order valence-electron chi connectivity index (χ1n) is 5.84. The maximum atomic E-state index is 10.7. The first-order valence-corrected chi connectivity index (χ1v) is 5.84. The predicted octanol–water partition coefficient (Wildman–Crippen LogP) is 0.699. The van der Waals surface area contributed by atoms with Crippen LogP contribution in [0.4, 0.5) is 11.5 Å². The molecular formula is C11H16N4O3. The lowest BCUT2D eigenvalue weighted by atomic mass is 10.2. The third-order valence-electron chi connectivity index (χ3n) is 2.80. The number of ether oxygens (including phenoxy) is 1. The lowest BCUT2D eigenvalue weighted by Crippen LogP contribution is -2.42. The minimum Gasteiger partial charge on any atom is -0.374 e. The molecule has 1 saturated heterocycles. The van der Waals surface area contributed by atoms with E-state index in [0.717, 1.165) is 13.1 Å². The summed E-state index contributed by atoms with van der Waals surface area (Å²) in [6.07, 6.45) is 1.38. The van der Waals surface area contributed by atoms with Crippen LogP contribution in [0, 0.1) is 17.0 Å². The van der Waals surface area contributed by atoms with Crippen LogP contribution in [-0.2, 0) is 4.74 Å². The van der Waals surface area contributed by atoms with Gasteiger partial charge in [0.15, 0.2) is 0 Å². The standard InChI is InChI=1S/C11H16N4O3/c1-8-4-11(14-7-10(8)15(16)17)13-6-9-5-12-2-3-18-9/h4,7,9,12H,2-3,5-6H2,1H3,(H,13,14). The van der Waals surface area contributed by atoms with Gasteiger partial charge < -0.3 is 15.4 Å². The molecule has 0 bridgehead atoms. The summed E-state index contributed by atoms with van der Waals surface area (Å²) in [6, 6.07) is 1.67. The van der Waals surface area contributed by atoms with Crippen molar-refractivity contribution in [3.8, 4) is 0 Å². The molecule has 7 heteroatoms. The van der Waals surface area contributed by atoms with Crippen LogP contribution in [0.1, 0.15) is 5.56 Å². The minimum absolute atomic E-state index is 0.0381. The van der Waals surface area contributed by atoms with Crippen molar-refractivity contribution in [2.75, 3.05) is 31.6 Å². The van der Waals surface area contributed by atoms with Gasteiger partial charge in [0.25, 0.3) is 5.69 Å². The van der Waals surface area contributed by atoms with Gasteiger partial charge >= 0.3 is 0 Å². The fraction of sp³-hybridized carbons (Fsp3) is 0.545. The number of pyridine rings is 1. The van der Waals surface area contributed by atoms with Gasteiger partial charge in [0.2, 0.25) is 0 Å². The summed E-state index contributed by atoms with van der Waals surface area (Å²) in [6.45, 7) is 4.73. The molecule has 1 atom stereocenters. The van der Waals surface area contributed by atoms with E-state index >= 15 is 0 Å². The molecule has 1 unspecified atom stereocenters. The Morgan fingerprint density at radius 1 is 1.72 bits per heavy atom. The van der Waals surface area contributed by atoms with Gasteiger partial charge in [0.05, 0.1) is 17.6 Å². The van der Waals surface area contributed by atoms with E-state index in [2.05, 4.69) is 15.6 Å². The molecule has 0 aromatic carbocycles. The zero-order valence-corrected chi connectivity index (χ0v) is 10.2. The Hall–Kier alpha value is -1.73. The maximum absolute atomic E-state index is 10.7. The second kappa shape index (κ2) is 5.74. The van der Waals surface area contributed by atoms with Gasteiger partial charge in [-0.05, 0) is 13.0 Å². The fourth-order valence-electron chi connectivity index (χ4n) is 1.81. The predicted molar refractivity (Wildman–Crippen MR) is 66.7 cm³/mol. The Bertz CT molecular complexity index is 432. The number of hydrogen-bond donors (Lipinski definition) is 2. The summed E-state index contributed by atoms with van der Waals surface area (Å²) in [5.74, 6) is 0.632. The molecule has 0 radical (unpaired) electrons. The van der Waals surface area contributed by atoms with Crippen LogP contribution in [0.25, 0.3) is 0 Å². The van der Waals surface area contributed by atoms with Crippen molar-refractivity contribution < 1.29 is 9.66 Å².